The summed E-state index contributed by atoms with van der Waals surface area (Å²) in [6.45, 7) is 5.84. The van der Waals surface area contributed by atoms with Gasteiger partial charge in [0, 0.05) is 12.7 Å². The third kappa shape index (κ3) is 3.11. The first-order valence-electron chi connectivity index (χ1n) is 6.48. The summed E-state index contributed by atoms with van der Waals surface area (Å²) in [6, 6.07) is 1.84. The maximum atomic E-state index is 6.28. The van der Waals surface area contributed by atoms with Crippen molar-refractivity contribution >= 4 is 11.6 Å². The third-order valence-corrected chi connectivity index (χ3v) is 3.20. The van der Waals surface area contributed by atoms with Gasteiger partial charge in [-0.05, 0) is 26.0 Å². The molecule has 0 aromatic carbocycles. The molecule has 0 saturated carbocycles. The van der Waals surface area contributed by atoms with E-state index in [1.165, 1.54) is 0 Å². The quantitative estimate of drug-likeness (QED) is 0.882. The van der Waals surface area contributed by atoms with Crippen LogP contribution in [0.2, 0.25) is 5.02 Å². The molecule has 2 aromatic rings. The van der Waals surface area contributed by atoms with E-state index in [1.54, 1.807) is 18.7 Å². The van der Waals surface area contributed by atoms with Crippen LogP contribution in [-0.4, -0.2) is 26.3 Å². The number of rotatable bonds is 6. The normalized spacial score (nSPS) is 12.6. The second-order valence-electron chi connectivity index (χ2n) is 4.21. The Morgan fingerprint density at radius 1 is 1.42 bits per heavy atom. The summed E-state index contributed by atoms with van der Waals surface area (Å²) in [4.78, 5) is 8.29. The first-order chi connectivity index (χ1) is 9.27. The van der Waals surface area contributed by atoms with Gasteiger partial charge in [0.2, 0.25) is 0 Å². The Morgan fingerprint density at radius 2 is 2.26 bits per heavy atom. The molecule has 2 heterocycles. The number of nitrogens with one attached hydrogen (secondary N) is 1. The number of aromatic nitrogens is 4. The Hall–Kier alpha value is -1.46. The van der Waals surface area contributed by atoms with Crippen LogP contribution in [0.4, 0.5) is 0 Å². The Balaban J connectivity index is 2.40. The molecule has 0 aliphatic carbocycles. The molecule has 0 bridgehead atoms. The molecule has 2 aromatic heterocycles. The summed E-state index contributed by atoms with van der Waals surface area (Å²) < 4.78 is 1.90. The van der Waals surface area contributed by atoms with Gasteiger partial charge in [-0.15, -0.1) is 0 Å². The van der Waals surface area contributed by atoms with E-state index in [-0.39, 0.29) is 6.04 Å². The zero-order valence-corrected chi connectivity index (χ0v) is 11.9. The minimum atomic E-state index is -0.0575. The molecule has 0 fully saturated rings. The van der Waals surface area contributed by atoms with E-state index < -0.39 is 0 Å². The predicted molar refractivity (Wildman–Crippen MR) is 75.1 cm³/mol. The van der Waals surface area contributed by atoms with E-state index in [0.717, 1.165) is 30.9 Å². The molecule has 1 atom stereocenters. The average Bonchev–Trinajstić information content (AvgIpc) is 2.82. The monoisotopic (exact) mass is 279 g/mol. The smallest absolute Gasteiger partial charge is 0.115 e. The molecule has 5 nitrogen and oxygen atoms in total. The molecule has 2 rings (SSSR count). The van der Waals surface area contributed by atoms with Crippen molar-refractivity contribution in [1.29, 1.82) is 0 Å². The van der Waals surface area contributed by atoms with E-state index in [1.807, 2.05) is 17.7 Å². The van der Waals surface area contributed by atoms with Crippen LogP contribution in [-0.2, 0) is 6.54 Å². The van der Waals surface area contributed by atoms with E-state index in [4.69, 9.17) is 11.6 Å². The lowest BCUT2D eigenvalue weighted by Crippen LogP contribution is -2.26. The Bertz CT molecular complexity index is 511. The molecule has 6 heteroatoms. The molecule has 0 spiro atoms. The number of nitrogens with zero attached hydrogens (tertiary/aromatic N) is 4. The van der Waals surface area contributed by atoms with Crippen molar-refractivity contribution < 1.29 is 0 Å². The molecule has 19 heavy (non-hydrogen) atoms. The highest BCUT2D eigenvalue weighted by molar-refractivity contribution is 6.31. The van der Waals surface area contributed by atoms with E-state index in [9.17, 15) is 0 Å². The topological polar surface area (TPSA) is 55.6 Å². The Kier molecular flexibility index (Phi) is 4.87. The van der Waals surface area contributed by atoms with Gasteiger partial charge in [0.15, 0.2) is 0 Å². The van der Waals surface area contributed by atoms with Crippen LogP contribution in [0.15, 0.2) is 24.8 Å². The lowest BCUT2D eigenvalue weighted by molar-refractivity contribution is 0.521. The van der Waals surface area contributed by atoms with Crippen molar-refractivity contribution in [2.45, 2.75) is 32.9 Å². The molecule has 102 valence electrons. The zero-order chi connectivity index (χ0) is 13.7. The minimum absolute atomic E-state index is 0.0575. The van der Waals surface area contributed by atoms with E-state index in [2.05, 4.69) is 27.3 Å². The van der Waals surface area contributed by atoms with Gasteiger partial charge in [-0.2, -0.15) is 5.10 Å². The average molecular weight is 280 g/mol. The second-order valence-corrected chi connectivity index (χ2v) is 4.62. The van der Waals surface area contributed by atoms with Crippen molar-refractivity contribution in [3.8, 4) is 0 Å². The molecule has 0 aliphatic heterocycles. The van der Waals surface area contributed by atoms with Crippen molar-refractivity contribution in [2.24, 2.45) is 0 Å². The van der Waals surface area contributed by atoms with Gasteiger partial charge >= 0.3 is 0 Å². The van der Waals surface area contributed by atoms with Gasteiger partial charge in [0.25, 0.3) is 0 Å². The summed E-state index contributed by atoms with van der Waals surface area (Å²) >= 11 is 6.28. The largest absolute Gasteiger partial charge is 0.304 e. The molecule has 0 amide bonds. The molecule has 0 aliphatic rings. The molecular formula is C13H18ClN5. The molecule has 0 radical (unpaired) electrons. The fraction of sp³-hybridized carbons (Fsp3) is 0.462. The second kappa shape index (κ2) is 6.63. The van der Waals surface area contributed by atoms with Gasteiger partial charge < -0.3 is 5.32 Å². The standard InChI is InChI=1S/C13H18ClN5/c1-3-6-16-12(11-5-7-15-9-17-11)13-10(14)8-18-19(13)4-2/h5,7-9,12,16H,3-4,6H2,1-2H3. The molecular weight excluding hydrogens is 262 g/mol. The van der Waals surface area contributed by atoms with Crippen molar-refractivity contribution in [3.63, 3.8) is 0 Å². The summed E-state index contributed by atoms with van der Waals surface area (Å²) in [5, 5.41) is 8.42. The number of hydrogen-bond donors (Lipinski definition) is 1. The van der Waals surface area contributed by atoms with Gasteiger partial charge in [-0.1, -0.05) is 18.5 Å². The zero-order valence-electron chi connectivity index (χ0n) is 11.2. The summed E-state index contributed by atoms with van der Waals surface area (Å²) in [5.41, 5.74) is 1.86. The highest BCUT2D eigenvalue weighted by atomic mass is 35.5. The third-order valence-electron chi connectivity index (χ3n) is 2.91. The molecule has 0 saturated heterocycles. The lowest BCUT2D eigenvalue weighted by atomic mass is 10.1. The van der Waals surface area contributed by atoms with Crippen LogP contribution < -0.4 is 5.32 Å². The van der Waals surface area contributed by atoms with E-state index in [0.29, 0.717) is 5.02 Å². The Labute approximate surface area is 118 Å². The lowest BCUT2D eigenvalue weighted by Gasteiger charge is -2.19. The minimum Gasteiger partial charge on any atom is -0.304 e. The number of hydrogen-bond acceptors (Lipinski definition) is 4. The first kappa shape index (κ1) is 14.0. The van der Waals surface area contributed by atoms with Gasteiger partial charge in [-0.3, -0.25) is 4.68 Å². The number of halogens is 1. The highest BCUT2D eigenvalue weighted by Gasteiger charge is 2.22. The SMILES string of the molecule is CCCNC(c1ccncn1)c1c(Cl)cnn1CC. The first-order valence-corrected chi connectivity index (χ1v) is 6.86. The maximum absolute atomic E-state index is 6.28. The molecule has 1 unspecified atom stereocenters. The van der Waals surface area contributed by atoms with Gasteiger partial charge in [0.05, 0.1) is 28.6 Å². The predicted octanol–water partition coefficient (Wildman–Crippen LogP) is 2.44. The van der Waals surface area contributed by atoms with Crippen LogP contribution in [0.3, 0.4) is 0 Å². The fourth-order valence-corrected chi connectivity index (χ4v) is 2.26. The van der Waals surface area contributed by atoms with Crippen molar-refractivity contribution in [2.75, 3.05) is 6.54 Å². The number of aryl methyl sites for hydroxylation is 1. The van der Waals surface area contributed by atoms with Crippen molar-refractivity contribution in [1.82, 2.24) is 25.1 Å². The summed E-state index contributed by atoms with van der Waals surface area (Å²) in [5.74, 6) is 0. The van der Waals surface area contributed by atoms with Gasteiger partial charge in [0.1, 0.15) is 6.33 Å². The van der Waals surface area contributed by atoms with Crippen molar-refractivity contribution in [3.05, 3.63) is 41.2 Å². The van der Waals surface area contributed by atoms with Crippen LogP contribution in [0.5, 0.6) is 0 Å². The van der Waals surface area contributed by atoms with Crippen LogP contribution in [0, 0.1) is 0 Å². The van der Waals surface area contributed by atoms with Crippen LogP contribution in [0.25, 0.3) is 0 Å². The van der Waals surface area contributed by atoms with E-state index >= 15 is 0 Å². The van der Waals surface area contributed by atoms with Gasteiger partial charge in [-0.25, -0.2) is 9.97 Å². The maximum Gasteiger partial charge on any atom is 0.115 e. The summed E-state index contributed by atoms with van der Waals surface area (Å²) in [6.07, 6.45) is 6.02. The summed E-state index contributed by atoms with van der Waals surface area (Å²) in [7, 11) is 0. The Morgan fingerprint density at radius 3 is 2.89 bits per heavy atom. The highest BCUT2D eigenvalue weighted by Crippen LogP contribution is 2.27. The molecule has 1 N–H and O–H groups in total. The van der Waals surface area contributed by atoms with Crippen LogP contribution in [0.1, 0.15) is 37.7 Å². The van der Waals surface area contributed by atoms with Crippen LogP contribution >= 0.6 is 11.6 Å². The fourth-order valence-electron chi connectivity index (χ4n) is 2.01.